The predicted molar refractivity (Wildman–Crippen MR) is 137 cm³/mol. The number of allylic oxidation sites excluding steroid dienone is 3. The van der Waals surface area contributed by atoms with Crippen LogP contribution in [0.3, 0.4) is 0 Å². The lowest BCUT2D eigenvalue weighted by Crippen LogP contribution is -2.72. The molecule has 0 radical (unpaired) electrons. The van der Waals surface area contributed by atoms with Gasteiger partial charge in [-0.15, -0.1) is 9.97 Å². The van der Waals surface area contributed by atoms with Crippen molar-refractivity contribution in [1.82, 2.24) is 15.0 Å². The van der Waals surface area contributed by atoms with E-state index in [1.807, 2.05) is 25.2 Å². The number of carboxylic acids is 2. The normalized spacial score (nSPS) is 11.5. The summed E-state index contributed by atoms with van der Waals surface area (Å²) >= 11 is -2.07. The Hall–Kier alpha value is -4.50. The van der Waals surface area contributed by atoms with Gasteiger partial charge in [0, 0.05) is 11.4 Å². The van der Waals surface area contributed by atoms with Crippen LogP contribution in [0.15, 0.2) is 73.0 Å². The fraction of sp³-hybridized carbons (Fsp3) is 0.0870. The summed E-state index contributed by atoms with van der Waals surface area (Å²) in [6.07, 6.45) is 7.37. The average Bonchev–Trinajstić information content (AvgIpc) is 2.87. The number of anilines is 4. The number of carboxylic acid groups (broad SMARTS) is 2. The SMILES string of the molecule is C/C=C\C=C/[NH2+]c1nc(Nc2ccc(C(=O)O)cc2)nc(Nc2ccc(C(=O)O)cc2)n1.COS(=O)O. The number of aromatic nitrogens is 3. The van der Waals surface area contributed by atoms with E-state index in [4.69, 9.17) is 14.8 Å². The number of rotatable bonds is 10. The summed E-state index contributed by atoms with van der Waals surface area (Å²) < 4.78 is 20.6. The second-order valence-corrected chi connectivity index (χ2v) is 7.58. The van der Waals surface area contributed by atoms with Gasteiger partial charge >= 0.3 is 29.2 Å². The molecular formula is C23H25N6O7S+. The molecule has 0 bridgehead atoms. The van der Waals surface area contributed by atoms with E-state index in [-0.39, 0.29) is 23.0 Å². The van der Waals surface area contributed by atoms with Crippen molar-refractivity contribution in [2.45, 2.75) is 6.92 Å². The molecule has 7 N–H and O–H groups in total. The van der Waals surface area contributed by atoms with Crippen molar-refractivity contribution in [3.63, 3.8) is 0 Å². The fourth-order valence-electron chi connectivity index (χ4n) is 2.55. The highest BCUT2D eigenvalue weighted by Gasteiger charge is 2.11. The molecule has 0 saturated heterocycles. The Bertz CT molecular complexity index is 1200. The molecule has 1 unspecified atom stereocenters. The molecule has 13 nitrogen and oxygen atoms in total. The van der Waals surface area contributed by atoms with Crippen molar-refractivity contribution >= 4 is 52.5 Å². The van der Waals surface area contributed by atoms with Crippen molar-refractivity contribution in [2.75, 3.05) is 17.7 Å². The van der Waals surface area contributed by atoms with Gasteiger partial charge in [-0.3, -0.25) is 14.1 Å². The van der Waals surface area contributed by atoms with Crippen LogP contribution in [0.25, 0.3) is 0 Å². The van der Waals surface area contributed by atoms with Crippen LogP contribution in [0.2, 0.25) is 0 Å². The first-order valence-electron chi connectivity index (χ1n) is 10.5. The summed E-state index contributed by atoms with van der Waals surface area (Å²) in [7, 11) is 1.15. The summed E-state index contributed by atoms with van der Waals surface area (Å²) in [5.41, 5.74) is 1.55. The van der Waals surface area contributed by atoms with Crippen LogP contribution in [0.4, 0.5) is 29.2 Å². The predicted octanol–water partition coefficient (Wildman–Crippen LogP) is 2.81. The number of hydrogen-bond acceptors (Lipinski definition) is 9. The lowest BCUT2D eigenvalue weighted by Gasteiger charge is -2.09. The standard InChI is InChI=1S/C22H20N6O4.CH4O3S/c1-2-3-4-13-23-20-26-21(24-16-9-5-14(6-10-16)18(29)30)28-22(27-20)25-17-11-7-15(8-12-17)19(31)32;1-4-5(2)3/h2-13H,1H3,(H,29,30)(H,31,32)(H3,23,24,25,26,27,28);1H3,(H,2,3)/p+1/b3-2-,13-4-;. The van der Waals surface area contributed by atoms with Gasteiger partial charge in [0.1, 0.15) is 6.20 Å². The van der Waals surface area contributed by atoms with Crippen LogP contribution < -0.4 is 16.0 Å². The monoisotopic (exact) mass is 529 g/mol. The maximum atomic E-state index is 11.0. The highest BCUT2D eigenvalue weighted by atomic mass is 32.2. The molecule has 1 heterocycles. The van der Waals surface area contributed by atoms with Crippen molar-refractivity contribution in [3.8, 4) is 0 Å². The number of nitrogens with two attached hydrogens (primary N) is 1. The summed E-state index contributed by atoms with van der Waals surface area (Å²) in [5, 5.41) is 25.8. The third-order valence-electron chi connectivity index (χ3n) is 4.23. The number of nitrogens with zero attached hydrogens (tertiary/aromatic N) is 3. The summed E-state index contributed by atoms with van der Waals surface area (Å²) in [6.45, 7) is 1.91. The number of aromatic carboxylic acids is 2. The van der Waals surface area contributed by atoms with E-state index < -0.39 is 23.3 Å². The molecule has 0 spiro atoms. The minimum atomic E-state index is -2.07. The van der Waals surface area contributed by atoms with Gasteiger partial charge in [0.2, 0.25) is 11.9 Å². The highest BCUT2D eigenvalue weighted by molar-refractivity contribution is 7.74. The van der Waals surface area contributed by atoms with Crippen LogP contribution in [-0.4, -0.2) is 53.0 Å². The van der Waals surface area contributed by atoms with Crippen LogP contribution in [-0.2, 0) is 15.5 Å². The van der Waals surface area contributed by atoms with Crippen LogP contribution in [0.1, 0.15) is 27.6 Å². The van der Waals surface area contributed by atoms with Gasteiger partial charge in [-0.05, 0) is 61.5 Å². The zero-order valence-corrected chi connectivity index (χ0v) is 20.5. The topological polar surface area (TPSA) is 200 Å². The molecule has 0 saturated carbocycles. The smallest absolute Gasteiger partial charge is 0.336 e. The zero-order chi connectivity index (χ0) is 27.2. The second-order valence-electron chi connectivity index (χ2n) is 6.82. The van der Waals surface area contributed by atoms with E-state index in [9.17, 15) is 13.8 Å². The molecular weight excluding hydrogens is 504 g/mol. The lowest BCUT2D eigenvalue weighted by atomic mass is 10.2. The van der Waals surface area contributed by atoms with Crippen molar-refractivity contribution in [1.29, 1.82) is 0 Å². The Balaban J connectivity index is 0.000000877. The molecule has 0 fully saturated rings. The largest absolute Gasteiger partial charge is 0.478 e. The van der Waals surface area contributed by atoms with E-state index in [1.165, 1.54) is 24.3 Å². The molecule has 1 atom stereocenters. The first-order valence-corrected chi connectivity index (χ1v) is 11.5. The quantitative estimate of drug-likeness (QED) is 0.166. The molecule has 0 amide bonds. The molecule has 0 aliphatic carbocycles. The minimum Gasteiger partial charge on any atom is -0.478 e. The van der Waals surface area contributed by atoms with Gasteiger partial charge in [0.05, 0.1) is 18.2 Å². The summed E-state index contributed by atoms with van der Waals surface area (Å²) in [5.74, 6) is -1.14. The van der Waals surface area contributed by atoms with Crippen molar-refractivity contribution in [2.24, 2.45) is 0 Å². The van der Waals surface area contributed by atoms with Gasteiger partial charge in [-0.1, -0.05) is 12.2 Å². The third-order valence-corrected chi connectivity index (χ3v) is 4.52. The number of benzene rings is 2. The molecule has 0 aliphatic heterocycles. The summed E-state index contributed by atoms with van der Waals surface area (Å²) in [4.78, 5) is 35.1. The van der Waals surface area contributed by atoms with Gasteiger partial charge in [-0.2, -0.15) is 9.19 Å². The Morgan fingerprint density at radius 2 is 1.30 bits per heavy atom. The fourth-order valence-corrected chi connectivity index (χ4v) is 2.55. The minimum absolute atomic E-state index is 0.168. The van der Waals surface area contributed by atoms with Gasteiger partial charge in [0.25, 0.3) is 0 Å². The zero-order valence-electron chi connectivity index (χ0n) is 19.7. The first kappa shape index (κ1) is 28.7. The van der Waals surface area contributed by atoms with E-state index in [1.54, 1.807) is 35.8 Å². The molecule has 194 valence electrons. The Kier molecular flexibility index (Phi) is 11.5. The van der Waals surface area contributed by atoms with E-state index in [0.717, 1.165) is 7.11 Å². The van der Waals surface area contributed by atoms with E-state index >= 15 is 0 Å². The molecule has 3 aromatic rings. The van der Waals surface area contributed by atoms with E-state index in [2.05, 4.69) is 29.8 Å². The number of hydrogen-bond donors (Lipinski definition) is 6. The molecule has 2 aromatic carbocycles. The van der Waals surface area contributed by atoms with Crippen molar-refractivity contribution < 1.29 is 38.1 Å². The van der Waals surface area contributed by atoms with Gasteiger partial charge in [-0.25, -0.2) is 9.59 Å². The molecule has 14 heteroatoms. The lowest BCUT2D eigenvalue weighted by molar-refractivity contribution is -0.504. The highest BCUT2D eigenvalue weighted by Crippen LogP contribution is 2.18. The molecule has 0 aliphatic rings. The second kappa shape index (κ2) is 14.8. The Morgan fingerprint density at radius 1 is 0.865 bits per heavy atom. The van der Waals surface area contributed by atoms with Crippen LogP contribution in [0, 0.1) is 0 Å². The Morgan fingerprint density at radius 3 is 1.65 bits per heavy atom. The van der Waals surface area contributed by atoms with Crippen LogP contribution in [0.5, 0.6) is 0 Å². The van der Waals surface area contributed by atoms with E-state index in [0.29, 0.717) is 17.3 Å². The number of carbonyl (C=O) groups is 2. The molecule has 1 aromatic heterocycles. The molecule has 3 rings (SSSR count). The third kappa shape index (κ3) is 10.3. The maximum Gasteiger partial charge on any atom is 0.336 e. The average molecular weight is 530 g/mol. The number of quaternary nitrogens is 1. The number of nitrogens with one attached hydrogen (secondary N) is 2. The maximum absolute atomic E-state index is 11.0. The van der Waals surface area contributed by atoms with Gasteiger partial charge in [0.15, 0.2) is 0 Å². The van der Waals surface area contributed by atoms with Gasteiger partial charge < -0.3 is 20.8 Å². The molecule has 37 heavy (non-hydrogen) atoms. The Labute approximate surface area is 214 Å². The van der Waals surface area contributed by atoms with Crippen LogP contribution >= 0.6 is 0 Å². The first-order chi connectivity index (χ1) is 17.7. The van der Waals surface area contributed by atoms with Crippen molar-refractivity contribution in [3.05, 3.63) is 84.1 Å². The summed E-state index contributed by atoms with van der Waals surface area (Å²) in [6, 6.07) is 12.3.